The van der Waals surface area contributed by atoms with E-state index in [0.717, 1.165) is 0 Å². The van der Waals surface area contributed by atoms with E-state index in [0.29, 0.717) is 0 Å². The zero-order valence-corrected chi connectivity index (χ0v) is 6.54. The minimum atomic E-state index is -1.37. The van der Waals surface area contributed by atoms with Gasteiger partial charge < -0.3 is 25.5 Å². The second kappa shape index (κ2) is 3.68. The first-order valence-corrected chi connectivity index (χ1v) is 3.91. The molecule has 0 spiro atoms. The van der Waals surface area contributed by atoms with Gasteiger partial charge >= 0.3 is 0 Å². The van der Waals surface area contributed by atoms with Crippen LogP contribution in [-0.2, 0) is 0 Å². The van der Waals surface area contributed by atoms with E-state index < -0.39 is 30.3 Å². The molecule has 72 valence electrons. The van der Waals surface area contributed by atoms with Crippen LogP contribution in [0, 0.1) is 5.92 Å². The molecule has 1 aliphatic carbocycles. The molecule has 1 aliphatic rings. The van der Waals surface area contributed by atoms with Crippen LogP contribution in [0.25, 0.3) is 0 Å². The molecule has 0 aliphatic heterocycles. The molecule has 0 aromatic rings. The maximum atomic E-state index is 9.24. The zero-order valence-electron chi connectivity index (χ0n) is 6.54. The lowest BCUT2D eigenvalue weighted by molar-refractivity contribution is -0.163. The van der Waals surface area contributed by atoms with E-state index in [4.69, 9.17) is 20.4 Å². The summed E-state index contributed by atoms with van der Waals surface area (Å²) in [7, 11) is 0. The molecule has 5 atom stereocenters. The molecule has 5 nitrogen and oxygen atoms in total. The van der Waals surface area contributed by atoms with Crippen molar-refractivity contribution in [2.24, 2.45) is 5.92 Å². The third kappa shape index (κ3) is 1.60. The SMILES string of the molecule is OCC1C[C@@H](O)C(O)C(O)[C@@H]1O. The molecule has 0 amide bonds. The average molecular weight is 178 g/mol. The maximum absolute atomic E-state index is 9.24. The molecule has 0 heterocycles. The van der Waals surface area contributed by atoms with Gasteiger partial charge in [0.25, 0.3) is 0 Å². The Labute approximate surface area is 69.9 Å². The van der Waals surface area contributed by atoms with Crippen LogP contribution in [-0.4, -0.2) is 56.6 Å². The van der Waals surface area contributed by atoms with E-state index in [-0.39, 0.29) is 13.0 Å². The van der Waals surface area contributed by atoms with Crippen LogP contribution in [0.5, 0.6) is 0 Å². The van der Waals surface area contributed by atoms with Crippen molar-refractivity contribution in [1.82, 2.24) is 0 Å². The van der Waals surface area contributed by atoms with Crippen molar-refractivity contribution in [2.75, 3.05) is 6.61 Å². The van der Waals surface area contributed by atoms with Crippen molar-refractivity contribution < 1.29 is 25.5 Å². The van der Waals surface area contributed by atoms with Crippen LogP contribution < -0.4 is 0 Å². The number of hydrogen-bond donors (Lipinski definition) is 5. The Bertz CT molecular complexity index is 146. The van der Waals surface area contributed by atoms with Crippen molar-refractivity contribution in [3.05, 3.63) is 0 Å². The van der Waals surface area contributed by atoms with Gasteiger partial charge in [-0.1, -0.05) is 0 Å². The van der Waals surface area contributed by atoms with Gasteiger partial charge in [0.1, 0.15) is 12.2 Å². The minimum Gasteiger partial charge on any atom is -0.396 e. The topological polar surface area (TPSA) is 101 Å². The molecule has 5 heteroatoms. The summed E-state index contributed by atoms with van der Waals surface area (Å²) in [6, 6.07) is 0. The summed E-state index contributed by atoms with van der Waals surface area (Å²) in [5, 5.41) is 45.3. The van der Waals surface area contributed by atoms with Gasteiger partial charge in [-0.15, -0.1) is 0 Å². The highest BCUT2D eigenvalue weighted by molar-refractivity contribution is 4.91. The van der Waals surface area contributed by atoms with Crippen LogP contribution in [0.4, 0.5) is 0 Å². The highest BCUT2D eigenvalue weighted by Gasteiger charge is 2.41. The van der Waals surface area contributed by atoms with Crippen molar-refractivity contribution in [2.45, 2.75) is 30.8 Å². The van der Waals surface area contributed by atoms with Gasteiger partial charge in [-0.3, -0.25) is 0 Å². The molecule has 0 radical (unpaired) electrons. The molecule has 1 fully saturated rings. The summed E-state index contributed by atoms with van der Waals surface area (Å²) in [5.74, 6) is -0.557. The molecule has 3 unspecified atom stereocenters. The first kappa shape index (κ1) is 9.88. The van der Waals surface area contributed by atoms with E-state index in [9.17, 15) is 5.11 Å². The first-order chi connectivity index (χ1) is 5.57. The summed E-state index contributed by atoms with van der Waals surface area (Å²) >= 11 is 0. The van der Waals surface area contributed by atoms with Gasteiger partial charge in [0, 0.05) is 12.5 Å². The van der Waals surface area contributed by atoms with Gasteiger partial charge in [-0.05, 0) is 6.42 Å². The number of aliphatic hydroxyl groups is 5. The zero-order chi connectivity index (χ0) is 9.30. The monoisotopic (exact) mass is 178 g/mol. The van der Waals surface area contributed by atoms with Crippen LogP contribution in [0.1, 0.15) is 6.42 Å². The second-order valence-corrected chi connectivity index (χ2v) is 3.22. The largest absolute Gasteiger partial charge is 0.396 e. The Balaban J connectivity index is 2.63. The maximum Gasteiger partial charge on any atom is 0.109 e. The lowest BCUT2D eigenvalue weighted by Gasteiger charge is -2.37. The quantitative estimate of drug-likeness (QED) is 0.304. The Morgan fingerprint density at radius 1 is 0.917 bits per heavy atom. The molecule has 0 aromatic heterocycles. The highest BCUT2D eigenvalue weighted by Crippen LogP contribution is 2.25. The van der Waals surface area contributed by atoms with Crippen LogP contribution in [0.2, 0.25) is 0 Å². The highest BCUT2D eigenvalue weighted by atomic mass is 16.4. The molecule has 1 saturated carbocycles. The molecular weight excluding hydrogens is 164 g/mol. The van der Waals surface area contributed by atoms with E-state index >= 15 is 0 Å². The van der Waals surface area contributed by atoms with Gasteiger partial charge in [0.2, 0.25) is 0 Å². The summed E-state index contributed by atoms with van der Waals surface area (Å²) in [5.41, 5.74) is 0. The van der Waals surface area contributed by atoms with Crippen molar-refractivity contribution >= 4 is 0 Å². The van der Waals surface area contributed by atoms with Crippen molar-refractivity contribution in [3.8, 4) is 0 Å². The molecular formula is C7H14O5. The Hall–Kier alpha value is -0.200. The smallest absolute Gasteiger partial charge is 0.109 e. The fourth-order valence-electron chi connectivity index (χ4n) is 1.48. The van der Waals surface area contributed by atoms with Gasteiger partial charge in [0.05, 0.1) is 12.2 Å². The minimum absolute atomic E-state index is 0.107. The lowest BCUT2D eigenvalue weighted by Crippen LogP contribution is -2.54. The lowest BCUT2D eigenvalue weighted by atomic mass is 9.81. The summed E-state index contributed by atoms with van der Waals surface area (Å²) in [4.78, 5) is 0. The third-order valence-electron chi connectivity index (χ3n) is 2.36. The normalized spacial score (nSPS) is 49.2. The summed E-state index contributed by atoms with van der Waals surface area (Å²) in [6.45, 7) is -0.304. The number of aliphatic hydroxyl groups excluding tert-OH is 5. The van der Waals surface area contributed by atoms with Gasteiger partial charge in [-0.2, -0.15) is 0 Å². The van der Waals surface area contributed by atoms with Crippen LogP contribution in [0.3, 0.4) is 0 Å². The van der Waals surface area contributed by atoms with Crippen LogP contribution in [0.15, 0.2) is 0 Å². The molecule has 0 bridgehead atoms. The Kier molecular flexibility index (Phi) is 3.03. The van der Waals surface area contributed by atoms with E-state index in [2.05, 4.69) is 0 Å². The Morgan fingerprint density at radius 2 is 1.50 bits per heavy atom. The van der Waals surface area contributed by atoms with Crippen molar-refractivity contribution in [3.63, 3.8) is 0 Å². The molecule has 1 rings (SSSR count). The van der Waals surface area contributed by atoms with Gasteiger partial charge in [-0.25, -0.2) is 0 Å². The van der Waals surface area contributed by atoms with Crippen molar-refractivity contribution in [1.29, 1.82) is 0 Å². The molecule has 0 saturated heterocycles. The van der Waals surface area contributed by atoms with E-state index in [1.165, 1.54) is 0 Å². The predicted octanol–water partition coefficient (Wildman–Crippen LogP) is -2.56. The second-order valence-electron chi connectivity index (χ2n) is 3.22. The molecule has 12 heavy (non-hydrogen) atoms. The van der Waals surface area contributed by atoms with E-state index in [1.807, 2.05) is 0 Å². The van der Waals surface area contributed by atoms with Crippen LogP contribution >= 0.6 is 0 Å². The summed E-state index contributed by atoms with van der Waals surface area (Å²) < 4.78 is 0. The first-order valence-electron chi connectivity index (χ1n) is 3.91. The van der Waals surface area contributed by atoms with E-state index in [1.54, 1.807) is 0 Å². The molecule has 0 aromatic carbocycles. The summed E-state index contributed by atoms with van der Waals surface area (Å²) in [6.07, 6.45) is -4.81. The predicted molar refractivity (Wildman–Crippen MR) is 39.2 cm³/mol. The fourth-order valence-corrected chi connectivity index (χ4v) is 1.48. The Morgan fingerprint density at radius 3 is 2.00 bits per heavy atom. The average Bonchev–Trinajstić information content (AvgIpc) is 2.08. The standard InChI is InChI=1S/C7H14O5/c8-2-3-1-4(9)6(11)7(12)5(3)10/h3-12H,1-2H2/t3?,4-,5-,6?,7?/m1/s1. The number of hydrogen-bond acceptors (Lipinski definition) is 5. The van der Waals surface area contributed by atoms with Gasteiger partial charge in [0.15, 0.2) is 0 Å². The fraction of sp³-hybridized carbons (Fsp3) is 1.00. The molecule has 5 N–H and O–H groups in total. The third-order valence-corrected chi connectivity index (χ3v) is 2.36. The number of rotatable bonds is 1.